The van der Waals surface area contributed by atoms with Crippen LogP contribution in [0.15, 0.2) is 36.4 Å². The highest BCUT2D eigenvalue weighted by atomic mass is 32.2. The zero-order chi connectivity index (χ0) is 21.2. The van der Waals surface area contributed by atoms with Crippen LogP contribution in [0.2, 0.25) is 0 Å². The normalized spacial score (nSPS) is 15.9. The minimum atomic E-state index is -3.56. The first-order valence-electron chi connectivity index (χ1n) is 8.96. The first kappa shape index (κ1) is 20.8. The number of nitrogens with zero attached hydrogens (tertiary/aromatic N) is 1. The fraction of sp³-hybridized carbons (Fsp3) is 0.350. The van der Waals surface area contributed by atoms with Gasteiger partial charge in [-0.3, -0.25) is 9.10 Å². The predicted octanol–water partition coefficient (Wildman–Crippen LogP) is 1.86. The number of hydrogen-bond acceptors (Lipinski definition) is 6. The number of rotatable bonds is 6. The number of ether oxygens (including phenoxy) is 3. The molecular formula is C20H24N2O6S. The van der Waals surface area contributed by atoms with Gasteiger partial charge in [-0.25, -0.2) is 8.42 Å². The van der Waals surface area contributed by atoms with Gasteiger partial charge in [-0.15, -0.1) is 0 Å². The molecule has 8 nitrogen and oxygen atoms in total. The third-order valence-electron chi connectivity index (χ3n) is 4.59. The smallest absolute Gasteiger partial charge is 0.263 e. The molecule has 1 aliphatic rings. The summed E-state index contributed by atoms with van der Waals surface area (Å²) in [6.07, 6.45) is 0.156. The van der Waals surface area contributed by atoms with Crippen LogP contribution in [0.3, 0.4) is 0 Å². The lowest BCUT2D eigenvalue weighted by molar-refractivity contribution is -0.127. The van der Waals surface area contributed by atoms with Crippen LogP contribution in [-0.2, 0) is 21.4 Å². The topological polar surface area (TPSA) is 94.2 Å². The Morgan fingerprint density at radius 1 is 1.17 bits per heavy atom. The number of fused-ring (bicyclic) bond motifs is 1. The third kappa shape index (κ3) is 4.56. The number of hydrogen-bond donors (Lipinski definition) is 1. The molecule has 3 rings (SSSR count). The number of methoxy groups -OCH3 is 2. The van der Waals surface area contributed by atoms with Gasteiger partial charge in [0, 0.05) is 6.54 Å². The molecule has 0 bridgehead atoms. The van der Waals surface area contributed by atoms with Crippen LogP contribution in [0.1, 0.15) is 11.1 Å². The number of amides is 1. The maximum atomic E-state index is 12.7. The van der Waals surface area contributed by atoms with Crippen LogP contribution in [0.4, 0.5) is 5.69 Å². The van der Waals surface area contributed by atoms with Gasteiger partial charge in [-0.05, 0) is 42.3 Å². The Balaban J connectivity index is 1.75. The summed E-state index contributed by atoms with van der Waals surface area (Å²) in [6, 6.07) is 10.5. The summed E-state index contributed by atoms with van der Waals surface area (Å²) in [4.78, 5) is 12.7. The number of aryl methyl sites for hydroxylation is 1. The molecule has 2 aromatic carbocycles. The van der Waals surface area contributed by atoms with Gasteiger partial charge in [0.1, 0.15) is 5.75 Å². The molecule has 0 fully saturated rings. The van der Waals surface area contributed by atoms with Crippen molar-refractivity contribution in [3.05, 3.63) is 47.5 Å². The molecule has 0 saturated heterocycles. The Morgan fingerprint density at radius 2 is 1.90 bits per heavy atom. The second-order valence-corrected chi connectivity index (χ2v) is 8.69. The van der Waals surface area contributed by atoms with E-state index in [1.54, 1.807) is 31.4 Å². The van der Waals surface area contributed by atoms with Gasteiger partial charge < -0.3 is 19.5 Å². The van der Waals surface area contributed by atoms with Crippen molar-refractivity contribution >= 4 is 21.6 Å². The van der Waals surface area contributed by atoms with E-state index in [-0.39, 0.29) is 13.1 Å². The second-order valence-electron chi connectivity index (χ2n) is 6.78. The van der Waals surface area contributed by atoms with Gasteiger partial charge in [0.25, 0.3) is 5.91 Å². The molecule has 0 aromatic heterocycles. The van der Waals surface area contributed by atoms with Gasteiger partial charge in [0.05, 0.1) is 32.7 Å². The number of anilines is 1. The molecule has 1 atom stereocenters. The van der Waals surface area contributed by atoms with Gasteiger partial charge in [0.2, 0.25) is 10.0 Å². The van der Waals surface area contributed by atoms with Crippen molar-refractivity contribution < 1.29 is 27.4 Å². The van der Waals surface area contributed by atoms with E-state index >= 15 is 0 Å². The van der Waals surface area contributed by atoms with Crippen molar-refractivity contribution in [2.75, 3.05) is 31.3 Å². The van der Waals surface area contributed by atoms with Crippen molar-refractivity contribution in [1.82, 2.24) is 5.32 Å². The molecule has 1 amide bonds. The molecule has 0 spiro atoms. The summed E-state index contributed by atoms with van der Waals surface area (Å²) in [5, 5.41) is 2.79. The average Bonchev–Trinajstić information content (AvgIpc) is 2.70. The van der Waals surface area contributed by atoms with E-state index < -0.39 is 22.0 Å². The molecule has 0 radical (unpaired) electrons. The SMILES string of the molecule is COc1ccc(CNC(=O)[C@@H]2CN(S(C)(=O)=O)c3cc(C)ccc3O2)cc1OC. The van der Waals surface area contributed by atoms with Crippen LogP contribution in [0.25, 0.3) is 0 Å². The number of sulfonamides is 1. The van der Waals surface area contributed by atoms with Crippen LogP contribution < -0.4 is 23.8 Å². The van der Waals surface area contributed by atoms with Crippen LogP contribution in [0.5, 0.6) is 17.2 Å². The van der Waals surface area contributed by atoms with Crippen LogP contribution in [0, 0.1) is 6.92 Å². The fourth-order valence-corrected chi connectivity index (χ4v) is 4.01. The first-order valence-corrected chi connectivity index (χ1v) is 10.8. The van der Waals surface area contributed by atoms with Crippen molar-refractivity contribution in [2.24, 2.45) is 0 Å². The predicted molar refractivity (Wildman–Crippen MR) is 109 cm³/mol. The highest BCUT2D eigenvalue weighted by Crippen LogP contribution is 2.35. The minimum Gasteiger partial charge on any atom is -0.493 e. The summed E-state index contributed by atoms with van der Waals surface area (Å²) < 4.78 is 42.0. The number of nitrogens with one attached hydrogen (secondary N) is 1. The average molecular weight is 420 g/mol. The van der Waals surface area contributed by atoms with Crippen molar-refractivity contribution in [1.29, 1.82) is 0 Å². The molecule has 9 heteroatoms. The Hall–Kier alpha value is -2.94. The Kier molecular flexibility index (Phi) is 5.88. The zero-order valence-corrected chi connectivity index (χ0v) is 17.6. The lowest BCUT2D eigenvalue weighted by atomic mass is 10.1. The Labute approximate surface area is 170 Å². The number of benzene rings is 2. The minimum absolute atomic E-state index is 0.0902. The van der Waals surface area contributed by atoms with E-state index in [0.29, 0.717) is 22.9 Å². The third-order valence-corrected chi connectivity index (χ3v) is 5.74. The largest absolute Gasteiger partial charge is 0.493 e. The van der Waals surface area contributed by atoms with E-state index in [1.165, 1.54) is 11.4 Å². The van der Waals surface area contributed by atoms with E-state index in [9.17, 15) is 13.2 Å². The molecule has 2 aromatic rings. The molecule has 0 saturated carbocycles. The summed E-state index contributed by atoms with van der Waals surface area (Å²) in [5.41, 5.74) is 2.15. The molecule has 0 aliphatic carbocycles. The van der Waals surface area contributed by atoms with Crippen molar-refractivity contribution in [3.63, 3.8) is 0 Å². The van der Waals surface area contributed by atoms with Gasteiger partial charge >= 0.3 is 0 Å². The first-order chi connectivity index (χ1) is 13.7. The quantitative estimate of drug-likeness (QED) is 0.767. The molecular weight excluding hydrogens is 396 g/mol. The molecule has 156 valence electrons. The van der Waals surface area contributed by atoms with Gasteiger partial charge in [-0.1, -0.05) is 12.1 Å². The van der Waals surface area contributed by atoms with Gasteiger partial charge in [-0.2, -0.15) is 0 Å². The summed E-state index contributed by atoms with van der Waals surface area (Å²) in [7, 11) is -0.478. The van der Waals surface area contributed by atoms with Crippen molar-refractivity contribution in [2.45, 2.75) is 19.6 Å². The summed E-state index contributed by atoms with van der Waals surface area (Å²) in [5.74, 6) is 1.10. The monoisotopic (exact) mass is 420 g/mol. The summed E-state index contributed by atoms with van der Waals surface area (Å²) in [6.45, 7) is 2.01. The van der Waals surface area contributed by atoms with E-state index in [1.807, 2.05) is 19.1 Å². The lowest BCUT2D eigenvalue weighted by Gasteiger charge is -2.34. The number of carbonyl (C=O) groups excluding carboxylic acids is 1. The second kappa shape index (κ2) is 8.20. The molecule has 0 unspecified atom stereocenters. The Morgan fingerprint density at radius 3 is 2.55 bits per heavy atom. The number of carbonyl (C=O) groups is 1. The Bertz CT molecular complexity index is 1020. The van der Waals surface area contributed by atoms with E-state index in [4.69, 9.17) is 14.2 Å². The fourth-order valence-electron chi connectivity index (χ4n) is 3.11. The highest BCUT2D eigenvalue weighted by Gasteiger charge is 2.35. The summed E-state index contributed by atoms with van der Waals surface area (Å²) >= 11 is 0. The van der Waals surface area contributed by atoms with Gasteiger partial charge in [0.15, 0.2) is 17.6 Å². The molecule has 29 heavy (non-hydrogen) atoms. The van der Waals surface area contributed by atoms with Crippen LogP contribution in [-0.4, -0.2) is 47.4 Å². The lowest BCUT2D eigenvalue weighted by Crippen LogP contribution is -2.50. The van der Waals surface area contributed by atoms with E-state index in [2.05, 4.69) is 5.32 Å². The van der Waals surface area contributed by atoms with E-state index in [0.717, 1.165) is 17.4 Å². The zero-order valence-electron chi connectivity index (χ0n) is 16.8. The van der Waals surface area contributed by atoms with Crippen molar-refractivity contribution in [3.8, 4) is 17.2 Å². The standard InChI is InChI=1S/C20H24N2O6S/c1-13-5-7-16-15(9-13)22(29(4,24)25)12-19(28-16)20(23)21-11-14-6-8-17(26-2)18(10-14)27-3/h5-10,19H,11-12H2,1-4H3,(H,21,23)/t19-/m0/s1. The maximum Gasteiger partial charge on any atom is 0.263 e. The van der Waals surface area contributed by atoms with Crippen LogP contribution >= 0.6 is 0 Å². The molecule has 1 aliphatic heterocycles. The highest BCUT2D eigenvalue weighted by molar-refractivity contribution is 7.92. The maximum absolute atomic E-state index is 12.7. The molecule has 1 N–H and O–H groups in total. The molecule has 1 heterocycles.